The van der Waals surface area contributed by atoms with Gasteiger partial charge in [0.25, 0.3) is 0 Å². The molecule has 5 aromatic rings. The molecule has 0 amide bonds. The van der Waals surface area contributed by atoms with Crippen molar-refractivity contribution in [1.82, 2.24) is 34.3 Å². The van der Waals surface area contributed by atoms with Gasteiger partial charge in [0, 0.05) is 44.5 Å². The van der Waals surface area contributed by atoms with Gasteiger partial charge in [-0.2, -0.15) is 5.10 Å². The largest absolute Gasteiger partial charge is 0.386 e. The van der Waals surface area contributed by atoms with Crippen LogP contribution in [0.2, 0.25) is 0 Å². The Kier molecular flexibility index (Phi) is 5.88. The number of aromatic nitrogens is 7. The van der Waals surface area contributed by atoms with Crippen molar-refractivity contribution < 1.29 is 9.84 Å². The van der Waals surface area contributed by atoms with Gasteiger partial charge in [-0.25, -0.2) is 4.68 Å². The lowest BCUT2D eigenvalue weighted by molar-refractivity contribution is 0.0543. The van der Waals surface area contributed by atoms with Crippen LogP contribution in [-0.4, -0.2) is 52.6 Å². The number of aliphatic hydroxyl groups is 1. The maximum atomic E-state index is 10.9. The molecular weight excluding hydrogens is 478 g/mol. The zero-order valence-corrected chi connectivity index (χ0v) is 22.9. The van der Waals surface area contributed by atoms with Crippen LogP contribution in [0.3, 0.4) is 0 Å². The molecule has 38 heavy (non-hydrogen) atoms. The van der Waals surface area contributed by atoms with Gasteiger partial charge >= 0.3 is 0 Å². The summed E-state index contributed by atoms with van der Waals surface area (Å²) in [5.74, 6) is 0.354. The Balaban J connectivity index is 1.71. The summed E-state index contributed by atoms with van der Waals surface area (Å²) in [6.45, 7) is 9.16. The molecule has 0 aliphatic carbocycles. The molecule has 1 fully saturated rings. The standard InChI is InChI=1S/C29H35N7O2/c1-17-13-25(34(5)32-17)28(19-9-11-38-12-10-19)36-23-15-21(29(3,4)37)7-8-22(23)26-24(36)14-20(16-30-26)27-18(2)31-33-35(27)6/h7-8,13-16,19,28,37H,9-12H2,1-6H3. The van der Waals surface area contributed by atoms with Crippen molar-refractivity contribution in [3.05, 3.63) is 59.2 Å². The Morgan fingerprint density at radius 3 is 2.42 bits per heavy atom. The first kappa shape index (κ1) is 24.8. The highest BCUT2D eigenvalue weighted by molar-refractivity contribution is 6.07. The number of hydrogen-bond donors (Lipinski definition) is 1. The zero-order valence-electron chi connectivity index (χ0n) is 22.9. The summed E-state index contributed by atoms with van der Waals surface area (Å²) >= 11 is 0. The average molecular weight is 514 g/mol. The molecular formula is C29H35N7O2. The molecule has 9 heteroatoms. The SMILES string of the molecule is Cc1cc(C(C2CCOCC2)n2c3cc(C(C)(C)O)ccc3c3ncc(-c4c(C)nnn4C)cc32)n(C)n1. The van der Waals surface area contributed by atoms with Crippen molar-refractivity contribution in [3.8, 4) is 11.3 Å². The van der Waals surface area contributed by atoms with Crippen LogP contribution in [0.15, 0.2) is 36.5 Å². The van der Waals surface area contributed by atoms with Crippen LogP contribution in [0.5, 0.6) is 0 Å². The Hall–Kier alpha value is -3.56. The second-order valence-electron chi connectivity index (χ2n) is 11.1. The second kappa shape index (κ2) is 9.03. The Morgan fingerprint density at radius 2 is 1.79 bits per heavy atom. The first-order valence-corrected chi connectivity index (χ1v) is 13.2. The molecule has 198 valence electrons. The van der Waals surface area contributed by atoms with E-state index in [1.807, 2.05) is 58.7 Å². The minimum atomic E-state index is -0.969. The number of fused-ring (bicyclic) bond motifs is 3. The molecule has 0 saturated carbocycles. The lowest BCUT2D eigenvalue weighted by Crippen LogP contribution is -2.28. The van der Waals surface area contributed by atoms with Crippen LogP contribution in [0.4, 0.5) is 0 Å². The summed E-state index contributed by atoms with van der Waals surface area (Å²) in [5, 5.41) is 25.2. The number of ether oxygens (including phenoxy) is 1. The minimum Gasteiger partial charge on any atom is -0.386 e. The van der Waals surface area contributed by atoms with E-state index in [1.54, 1.807) is 4.68 Å². The molecule has 1 saturated heterocycles. The van der Waals surface area contributed by atoms with Gasteiger partial charge in [-0.05, 0) is 70.2 Å². The maximum Gasteiger partial charge on any atom is 0.0960 e. The molecule has 4 aromatic heterocycles. The minimum absolute atomic E-state index is 0.0185. The van der Waals surface area contributed by atoms with Crippen molar-refractivity contribution >= 4 is 21.9 Å². The highest BCUT2D eigenvalue weighted by Gasteiger charge is 2.33. The van der Waals surface area contributed by atoms with Gasteiger partial charge in [-0.3, -0.25) is 9.67 Å². The van der Waals surface area contributed by atoms with E-state index in [0.29, 0.717) is 5.92 Å². The third-order valence-corrected chi connectivity index (χ3v) is 7.95. The van der Waals surface area contributed by atoms with Gasteiger partial charge in [0.15, 0.2) is 0 Å². The molecule has 1 N–H and O–H groups in total. The van der Waals surface area contributed by atoms with Crippen LogP contribution < -0.4 is 0 Å². The van der Waals surface area contributed by atoms with Crippen LogP contribution >= 0.6 is 0 Å². The molecule has 6 rings (SSSR count). The predicted octanol–water partition coefficient (Wildman–Crippen LogP) is 4.58. The van der Waals surface area contributed by atoms with Gasteiger partial charge in [0.1, 0.15) is 0 Å². The molecule has 1 atom stereocenters. The fourth-order valence-corrected chi connectivity index (χ4v) is 6.09. The van der Waals surface area contributed by atoms with Gasteiger partial charge in [0.05, 0.1) is 51.0 Å². The number of aryl methyl sites for hydroxylation is 4. The summed E-state index contributed by atoms with van der Waals surface area (Å²) in [7, 11) is 3.94. The van der Waals surface area contributed by atoms with Crippen LogP contribution in [0.25, 0.3) is 33.2 Å². The molecule has 9 nitrogen and oxygen atoms in total. The molecule has 0 bridgehead atoms. The maximum absolute atomic E-state index is 10.9. The first-order chi connectivity index (χ1) is 18.1. The Bertz CT molecular complexity index is 1630. The molecule has 1 aromatic carbocycles. The summed E-state index contributed by atoms with van der Waals surface area (Å²) in [4.78, 5) is 5.01. The number of rotatable bonds is 5. The Labute approximate surface area is 222 Å². The fraction of sp³-hybridized carbons (Fsp3) is 0.448. The third kappa shape index (κ3) is 4.01. The molecule has 1 aliphatic rings. The lowest BCUT2D eigenvalue weighted by Gasteiger charge is -2.33. The van der Waals surface area contributed by atoms with E-state index in [1.165, 1.54) is 0 Å². The zero-order chi connectivity index (χ0) is 26.8. The molecule has 0 radical (unpaired) electrons. The highest BCUT2D eigenvalue weighted by Crippen LogP contribution is 2.42. The number of pyridine rings is 1. The van der Waals surface area contributed by atoms with Gasteiger partial charge in [-0.1, -0.05) is 17.3 Å². The van der Waals surface area contributed by atoms with Gasteiger partial charge in [-0.15, -0.1) is 5.10 Å². The predicted molar refractivity (Wildman–Crippen MR) is 147 cm³/mol. The quantitative estimate of drug-likeness (QED) is 0.370. The van der Waals surface area contributed by atoms with Crippen molar-refractivity contribution in [2.75, 3.05) is 13.2 Å². The second-order valence-corrected chi connectivity index (χ2v) is 11.1. The molecule has 5 heterocycles. The van der Waals surface area contributed by atoms with Gasteiger partial charge < -0.3 is 14.4 Å². The Morgan fingerprint density at radius 1 is 1.03 bits per heavy atom. The fourth-order valence-electron chi connectivity index (χ4n) is 6.09. The first-order valence-electron chi connectivity index (χ1n) is 13.2. The van der Waals surface area contributed by atoms with Gasteiger partial charge in [0.2, 0.25) is 0 Å². The van der Waals surface area contributed by atoms with Crippen LogP contribution in [-0.2, 0) is 24.4 Å². The summed E-state index contributed by atoms with van der Waals surface area (Å²) in [6.07, 6.45) is 3.83. The van der Waals surface area contributed by atoms with E-state index in [4.69, 9.17) is 14.8 Å². The lowest BCUT2D eigenvalue weighted by atomic mass is 9.88. The molecule has 1 unspecified atom stereocenters. The van der Waals surface area contributed by atoms with Crippen molar-refractivity contribution in [2.45, 2.75) is 52.2 Å². The monoisotopic (exact) mass is 513 g/mol. The smallest absolute Gasteiger partial charge is 0.0960 e. The van der Waals surface area contributed by atoms with E-state index in [2.05, 4.69) is 39.1 Å². The van der Waals surface area contributed by atoms with E-state index in [9.17, 15) is 5.11 Å². The van der Waals surface area contributed by atoms with Crippen LogP contribution in [0.1, 0.15) is 55.4 Å². The average Bonchev–Trinajstić information content (AvgIpc) is 3.51. The molecule has 0 spiro atoms. The summed E-state index contributed by atoms with van der Waals surface area (Å²) < 4.78 is 12.0. The van der Waals surface area contributed by atoms with E-state index in [0.717, 1.165) is 81.9 Å². The van der Waals surface area contributed by atoms with Crippen LogP contribution in [0, 0.1) is 19.8 Å². The van der Waals surface area contributed by atoms with E-state index in [-0.39, 0.29) is 6.04 Å². The van der Waals surface area contributed by atoms with Crippen molar-refractivity contribution in [3.63, 3.8) is 0 Å². The van der Waals surface area contributed by atoms with Crippen molar-refractivity contribution in [2.24, 2.45) is 20.0 Å². The number of hydrogen-bond acceptors (Lipinski definition) is 6. The van der Waals surface area contributed by atoms with E-state index >= 15 is 0 Å². The van der Waals surface area contributed by atoms with E-state index < -0.39 is 5.60 Å². The molecule has 1 aliphatic heterocycles. The van der Waals surface area contributed by atoms with Crippen molar-refractivity contribution in [1.29, 1.82) is 0 Å². The topological polar surface area (TPSA) is 95.8 Å². The highest BCUT2D eigenvalue weighted by atomic mass is 16.5. The normalized spacial score (nSPS) is 16.1. The summed E-state index contributed by atoms with van der Waals surface area (Å²) in [6, 6.07) is 10.7. The third-order valence-electron chi connectivity index (χ3n) is 7.95. The summed E-state index contributed by atoms with van der Waals surface area (Å²) in [5.41, 5.74) is 7.88. The number of benzene rings is 1. The number of nitrogens with zero attached hydrogens (tertiary/aromatic N) is 7.